The highest BCUT2D eigenvalue weighted by atomic mass is 16.5. The first-order valence-electron chi connectivity index (χ1n) is 5.59. The third-order valence-corrected chi connectivity index (χ3v) is 2.40. The molecule has 0 aliphatic heterocycles. The molecule has 1 aromatic rings. The number of amides is 1. The highest BCUT2D eigenvalue weighted by Gasteiger charge is 1.96. The highest BCUT2D eigenvalue weighted by Crippen LogP contribution is 2.14. The van der Waals surface area contributed by atoms with Gasteiger partial charge in [-0.1, -0.05) is 12.1 Å². The zero-order valence-corrected chi connectivity index (χ0v) is 9.95. The monoisotopic (exact) mass is 221 g/mol. The summed E-state index contributed by atoms with van der Waals surface area (Å²) in [4.78, 5) is 10.6. The van der Waals surface area contributed by atoms with Crippen LogP contribution in [0.5, 0.6) is 5.75 Å². The van der Waals surface area contributed by atoms with Crippen molar-refractivity contribution in [2.45, 2.75) is 26.2 Å². The Hall–Kier alpha value is -1.51. The lowest BCUT2D eigenvalue weighted by Crippen LogP contribution is -2.20. The second-order valence-corrected chi connectivity index (χ2v) is 3.79. The molecule has 1 rings (SSSR count). The molecule has 0 saturated heterocycles. The van der Waals surface area contributed by atoms with E-state index in [1.807, 2.05) is 12.1 Å². The van der Waals surface area contributed by atoms with Gasteiger partial charge in [0, 0.05) is 13.5 Å². The molecule has 88 valence electrons. The van der Waals surface area contributed by atoms with Gasteiger partial charge in [-0.15, -0.1) is 0 Å². The largest absolute Gasteiger partial charge is 0.497 e. The van der Waals surface area contributed by atoms with Crippen LogP contribution in [0.3, 0.4) is 0 Å². The van der Waals surface area contributed by atoms with E-state index in [0.29, 0.717) is 0 Å². The minimum Gasteiger partial charge on any atom is -0.497 e. The summed E-state index contributed by atoms with van der Waals surface area (Å²) in [5.74, 6) is 0.945. The van der Waals surface area contributed by atoms with Gasteiger partial charge < -0.3 is 10.1 Å². The van der Waals surface area contributed by atoms with Gasteiger partial charge in [-0.3, -0.25) is 4.79 Å². The van der Waals surface area contributed by atoms with Gasteiger partial charge in [-0.05, 0) is 37.0 Å². The number of nitrogens with one attached hydrogen (secondary N) is 1. The van der Waals surface area contributed by atoms with Crippen molar-refractivity contribution in [3.05, 3.63) is 29.8 Å². The van der Waals surface area contributed by atoms with Gasteiger partial charge >= 0.3 is 0 Å². The fourth-order valence-electron chi connectivity index (χ4n) is 1.55. The molecule has 1 N–H and O–H groups in total. The lowest BCUT2D eigenvalue weighted by atomic mass is 10.1. The van der Waals surface area contributed by atoms with Gasteiger partial charge in [-0.2, -0.15) is 0 Å². The van der Waals surface area contributed by atoms with Crippen molar-refractivity contribution in [3.63, 3.8) is 0 Å². The van der Waals surface area contributed by atoms with E-state index >= 15 is 0 Å². The molecule has 0 bridgehead atoms. The Morgan fingerprint density at radius 3 is 2.88 bits per heavy atom. The molecular formula is C13H19NO2. The molecule has 3 nitrogen and oxygen atoms in total. The summed E-state index contributed by atoms with van der Waals surface area (Å²) in [6.07, 6.45) is 3.11. The van der Waals surface area contributed by atoms with Crippen LogP contribution in [0, 0.1) is 0 Å². The summed E-state index contributed by atoms with van der Waals surface area (Å²) in [6, 6.07) is 8.10. The van der Waals surface area contributed by atoms with Crippen LogP contribution in [0.1, 0.15) is 25.3 Å². The number of unbranched alkanes of at least 4 members (excludes halogenated alkanes) is 1. The number of ether oxygens (including phenoxy) is 1. The summed E-state index contributed by atoms with van der Waals surface area (Å²) in [5, 5.41) is 2.79. The average Bonchev–Trinajstić information content (AvgIpc) is 2.28. The molecule has 16 heavy (non-hydrogen) atoms. The van der Waals surface area contributed by atoms with Crippen LogP contribution in [0.15, 0.2) is 24.3 Å². The Morgan fingerprint density at radius 1 is 1.38 bits per heavy atom. The van der Waals surface area contributed by atoms with E-state index in [4.69, 9.17) is 4.74 Å². The normalized spacial score (nSPS) is 9.88. The molecule has 0 aliphatic carbocycles. The smallest absolute Gasteiger partial charge is 0.216 e. The Morgan fingerprint density at radius 2 is 2.19 bits per heavy atom. The predicted octanol–water partition coefficient (Wildman–Crippen LogP) is 2.15. The minimum atomic E-state index is 0.0429. The third kappa shape index (κ3) is 4.82. The SMILES string of the molecule is COc1cccc(CCCCNC(C)=O)c1. The molecule has 1 aromatic carbocycles. The van der Waals surface area contributed by atoms with Crippen molar-refractivity contribution in [2.24, 2.45) is 0 Å². The predicted molar refractivity (Wildman–Crippen MR) is 64.6 cm³/mol. The highest BCUT2D eigenvalue weighted by molar-refractivity contribution is 5.72. The van der Waals surface area contributed by atoms with Crippen LogP contribution in [0.2, 0.25) is 0 Å². The van der Waals surface area contributed by atoms with Crippen LogP contribution in [0.25, 0.3) is 0 Å². The summed E-state index contributed by atoms with van der Waals surface area (Å²) in [7, 11) is 1.68. The van der Waals surface area contributed by atoms with Crippen molar-refractivity contribution in [3.8, 4) is 5.75 Å². The molecule has 0 fully saturated rings. The maximum atomic E-state index is 10.6. The van der Waals surface area contributed by atoms with Crippen molar-refractivity contribution in [1.29, 1.82) is 0 Å². The van der Waals surface area contributed by atoms with Crippen LogP contribution in [-0.2, 0) is 11.2 Å². The van der Waals surface area contributed by atoms with Crippen LogP contribution < -0.4 is 10.1 Å². The van der Waals surface area contributed by atoms with Gasteiger partial charge in [0.25, 0.3) is 0 Å². The molecule has 3 heteroatoms. The number of benzene rings is 1. The van der Waals surface area contributed by atoms with E-state index in [-0.39, 0.29) is 5.91 Å². The minimum absolute atomic E-state index is 0.0429. The van der Waals surface area contributed by atoms with Gasteiger partial charge in [0.2, 0.25) is 5.91 Å². The first kappa shape index (κ1) is 12.6. The van der Waals surface area contributed by atoms with E-state index in [2.05, 4.69) is 17.4 Å². The number of carbonyl (C=O) groups excluding carboxylic acids is 1. The molecular weight excluding hydrogens is 202 g/mol. The van der Waals surface area contributed by atoms with Gasteiger partial charge in [-0.25, -0.2) is 0 Å². The average molecular weight is 221 g/mol. The van der Waals surface area contributed by atoms with E-state index in [1.165, 1.54) is 5.56 Å². The molecule has 0 spiro atoms. The number of hydrogen-bond acceptors (Lipinski definition) is 2. The van der Waals surface area contributed by atoms with E-state index in [0.717, 1.165) is 31.6 Å². The van der Waals surface area contributed by atoms with Crippen LogP contribution in [-0.4, -0.2) is 19.6 Å². The third-order valence-electron chi connectivity index (χ3n) is 2.40. The second-order valence-electron chi connectivity index (χ2n) is 3.79. The molecule has 0 saturated carbocycles. The summed E-state index contributed by atoms with van der Waals surface area (Å²) < 4.78 is 5.16. The zero-order chi connectivity index (χ0) is 11.8. The molecule has 1 amide bonds. The Kier molecular flexibility index (Phi) is 5.40. The van der Waals surface area contributed by atoms with Crippen LogP contribution in [0.4, 0.5) is 0 Å². The Bertz CT molecular complexity index is 336. The van der Waals surface area contributed by atoms with Gasteiger partial charge in [0.15, 0.2) is 0 Å². The molecule has 0 heterocycles. The Balaban J connectivity index is 2.23. The number of carbonyl (C=O) groups is 1. The molecule has 0 radical (unpaired) electrons. The van der Waals surface area contributed by atoms with Crippen molar-refractivity contribution in [1.82, 2.24) is 5.32 Å². The standard InChI is InChI=1S/C13H19NO2/c1-11(15)14-9-4-3-6-12-7-5-8-13(10-12)16-2/h5,7-8,10H,3-4,6,9H2,1-2H3,(H,14,15). The number of rotatable bonds is 6. The van der Waals surface area contributed by atoms with Crippen molar-refractivity contribution < 1.29 is 9.53 Å². The fraction of sp³-hybridized carbons (Fsp3) is 0.462. The molecule has 0 atom stereocenters. The topological polar surface area (TPSA) is 38.3 Å². The number of hydrogen-bond donors (Lipinski definition) is 1. The molecule has 0 aromatic heterocycles. The van der Waals surface area contributed by atoms with E-state index in [9.17, 15) is 4.79 Å². The lowest BCUT2D eigenvalue weighted by Gasteiger charge is -2.05. The van der Waals surface area contributed by atoms with Crippen molar-refractivity contribution >= 4 is 5.91 Å². The quantitative estimate of drug-likeness (QED) is 0.747. The van der Waals surface area contributed by atoms with E-state index < -0.39 is 0 Å². The lowest BCUT2D eigenvalue weighted by molar-refractivity contribution is -0.118. The maximum absolute atomic E-state index is 10.6. The first-order valence-corrected chi connectivity index (χ1v) is 5.59. The Labute approximate surface area is 96.8 Å². The number of methoxy groups -OCH3 is 1. The zero-order valence-electron chi connectivity index (χ0n) is 9.95. The maximum Gasteiger partial charge on any atom is 0.216 e. The van der Waals surface area contributed by atoms with Crippen molar-refractivity contribution in [2.75, 3.05) is 13.7 Å². The summed E-state index contributed by atoms with van der Waals surface area (Å²) in [6.45, 7) is 2.31. The second kappa shape index (κ2) is 6.88. The van der Waals surface area contributed by atoms with Gasteiger partial charge in [0.1, 0.15) is 5.75 Å². The van der Waals surface area contributed by atoms with Gasteiger partial charge in [0.05, 0.1) is 7.11 Å². The number of aryl methyl sites for hydroxylation is 1. The van der Waals surface area contributed by atoms with Crippen LogP contribution >= 0.6 is 0 Å². The molecule has 0 unspecified atom stereocenters. The summed E-state index contributed by atoms with van der Waals surface area (Å²) in [5.41, 5.74) is 1.28. The van der Waals surface area contributed by atoms with E-state index in [1.54, 1.807) is 14.0 Å². The molecule has 0 aliphatic rings. The first-order chi connectivity index (χ1) is 7.72. The fourth-order valence-corrected chi connectivity index (χ4v) is 1.55. The summed E-state index contributed by atoms with van der Waals surface area (Å²) >= 11 is 0.